The molecule has 0 saturated heterocycles. The van der Waals surface area contributed by atoms with Crippen LogP contribution >= 0.6 is 11.8 Å². The molecule has 1 aromatic heterocycles. The fourth-order valence-corrected chi connectivity index (χ4v) is 2.40. The quantitative estimate of drug-likeness (QED) is 0.879. The monoisotopic (exact) mass is 272 g/mol. The van der Waals surface area contributed by atoms with Crippen molar-refractivity contribution in [3.05, 3.63) is 66.0 Å². The predicted molar refractivity (Wildman–Crippen MR) is 78.7 cm³/mol. The first kappa shape index (κ1) is 13.6. The number of carbonyl (C=O) groups excluding carboxylic acids is 1. The number of carbonyl (C=O) groups is 1. The van der Waals surface area contributed by atoms with Crippen LogP contribution in [0, 0.1) is 0 Å². The lowest BCUT2D eigenvalue weighted by molar-refractivity contribution is -0.118. The summed E-state index contributed by atoms with van der Waals surface area (Å²) in [6, 6.07) is 15.8. The third-order valence-corrected chi connectivity index (χ3v) is 3.54. The van der Waals surface area contributed by atoms with Crippen molar-refractivity contribution in [3.8, 4) is 0 Å². The van der Waals surface area contributed by atoms with Crippen LogP contribution in [0.25, 0.3) is 0 Å². The highest BCUT2D eigenvalue weighted by atomic mass is 32.2. The van der Waals surface area contributed by atoms with E-state index in [-0.39, 0.29) is 5.91 Å². The fourth-order valence-electron chi connectivity index (χ4n) is 1.58. The molecule has 98 valence electrons. The number of rotatable bonds is 6. The normalized spacial score (nSPS) is 10.1. The van der Waals surface area contributed by atoms with E-state index in [2.05, 4.69) is 22.4 Å². The lowest BCUT2D eigenvalue weighted by atomic mass is 10.2. The number of aromatic nitrogens is 1. The van der Waals surface area contributed by atoms with E-state index in [0.717, 1.165) is 11.4 Å². The summed E-state index contributed by atoms with van der Waals surface area (Å²) in [5.41, 5.74) is 2.12. The molecular weight excluding hydrogens is 256 g/mol. The Morgan fingerprint density at radius 1 is 1.11 bits per heavy atom. The van der Waals surface area contributed by atoms with Crippen molar-refractivity contribution in [3.63, 3.8) is 0 Å². The predicted octanol–water partition coefficient (Wildman–Crippen LogP) is 2.63. The Morgan fingerprint density at radius 3 is 2.63 bits per heavy atom. The van der Waals surface area contributed by atoms with Gasteiger partial charge in [0.2, 0.25) is 5.91 Å². The molecule has 4 heteroatoms. The number of benzene rings is 1. The molecule has 0 atom stereocenters. The Hall–Kier alpha value is -1.81. The third-order valence-electron chi connectivity index (χ3n) is 2.54. The molecule has 0 unspecified atom stereocenters. The Morgan fingerprint density at radius 2 is 1.89 bits per heavy atom. The van der Waals surface area contributed by atoms with Gasteiger partial charge in [-0.2, -0.15) is 0 Å². The van der Waals surface area contributed by atoms with Crippen molar-refractivity contribution in [2.45, 2.75) is 12.3 Å². The molecule has 0 aliphatic heterocycles. The van der Waals surface area contributed by atoms with E-state index >= 15 is 0 Å². The molecule has 0 aliphatic carbocycles. The zero-order valence-electron chi connectivity index (χ0n) is 10.6. The van der Waals surface area contributed by atoms with E-state index in [0.29, 0.717) is 12.3 Å². The summed E-state index contributed by atoms with van der Waals surface area (Å²) in [7, 11) is 0. The number of hydrogen-bond acceptors (Lipinski definition) is 3. The van der Waals surface area contributed by atoms with E-state index in [1.807, 2.05) is 36.4 Å². The molecule has 19 heavy (non-hydrogen) atoms. The lowest BCUT2D eigenvalue weighted by Gasteiger charge is -2.04. The summed E-state index contributed by atoms with van der Waals surface area (Å²) in [6.45, 7) is 0.492. The SMILES string of the molecule is O=C(CSCc1ccccc1)NCc1ccccn1. The van der Waals surface area contributed by atoms with Crippen LogP contribution in [-0.2, 0) is 17.1 Å². The zero-order chi connectivity index (χ0) is 13.3. The summed E-state index contributed by atoms with van der Waals surface area (Å²) >= 11 is 1.62. The van der Waals surface area contributed by atoms with Crippen molar-refractivity contribution in [2.75, 3.05) is 5.75 Å². The van der Waals surface area contributed by atoms with Crippen LogP contribution in [0.1, 0.15) is 11.3 Å². The van der Waals surface area contributed by atoms with Crippen LogP contribution in [0.5, 0.6) is 0 Å². The smallest absolute Gasteiger partial charge is 0.230 e. The molecule has 3 nitrogen and oxygen atoms in total. The second kappa shape index (κ2) is 7.59. The van der Waals surface area contributed by atoms with E-state index in [9.17, 15) is 4.79 Å². The van der Waals surface area contributed by atoms with Crippen LogP contribution in [-0.4, -0.2) is 16.6 Å². The van der Waals surface area contributed by atoms with Crippen LogP contribution in [0.4, 0.5) is 0 Å². The Kier molecular flexibility index (Phi) is 5.44. The molecule has 2 aromatic rings. The lowest BCUT2D eigenvalue weighted by Crippen LogP contribution is -2.25. The summed E-state index contributed by atoms with van der Waals surface area (Å²) in [4.78, 5) is 15.8. The molecule has 0 fully saturated rings. The Labute approximate surface area is 117 Å². The molecule has 0 radical (unpaired) electrons. The molecule has 0 spiro atoms. The molecule has 2 rings (SSSR count). The van der Waals surface area contributed by atoms with E-state index in [1.165, 1.54) is 5.56 Å². The van der Waals surface area contributed by atoms with Crippen molar-refractivity contribution in [2.24, 2.45) is 0 Å². The molecular formula is C15H16N2OS. The van der Waals surface area contributed by atoms with Crippen LogP contribution in [0.3, 0.4) is 0 Å². The molecule has 1 heterocycles. The average Bonchev–Trinajstić information content (AvgIpc) is 2.47. The first-order valence-electron chi connectivity index (χ1n) is 6.13. The minimum absolute atomic E-state index is 0.0478. The first-order valence-corrected chi connectivity index (χ1v) is 7.28. The van der Waals surface area contributed by atoms with Crippen LogP contribution in [0.15, 0.2) is 54.7 Å². The minimum atomic E-state index is 0.0478. The van der Waals surface area contributed by atoms with Gasteiger partial charge in [0.05, 0.1) is 18.0 Å². The van der Waals surface area contributed by atoms with Crippen LogP contribution in [0.2, 0.25) is 0 Å². The number of thioether (sulfide) groups is 1. The first-order chi connectivity index (χ1) is 9.34. The van der Waals surface area contributed by atoms with Crippen molar-refractivity contribution >= 4 is 17.7 Å². The fraction of sp³-hybridized carbons (Fsp3) is 0.200. The van der Waals surface area contributed by atoms with Gasteiger partial charge in [0.15, 0.2) is 0 Å². The van der Waals surface area contributed by atoms with Gasteiger partial charge in [-0.3, -0.25) is 9.78 Å². The van der Waals surface area contributed by atoms with Gasteiger partial charge in [-0.15, -0.1) is 11.8 Å². The van der Waals surface area contributed by atoms with Gasteiger partial charge in [-0.25, -0.2) is 0 Å². The number of nitrogens with zero attached hydrogens (tertiary/aromatic N) is 1. The molecule has 0 saturated carbocycles. The van der Waals surface area contributed by atoms with Gasteiger partial charge in [-0.1, -0.05) is 36.4 Å². The largest absolute Gasteiger partial charge is 0.350 e. The van der Waals surface area contributed by atoms with E-state index in [4.69, 9.17) is 0 Å². The summed E-state index contributed by atoms with van der Waals surface area (Å²) in [5, 5.41) is 2.86. The molecule has 1 aromatic carbocycles. The highest BCUT2D eigenvalue weighted by Crippen LogP contribution is 2.11. The van der Waals surface area contributed by atoms with Crippen molar-refractivity contribution in [1.29, 1.82) is 0 Å². The molecule has 1 N–H and O–H groups in total. The average molecular weight is 272 g/mol. The van der Waals surface area contributed by atoms with E-state index < -0.39 is 0 Å². The topological polar surface area (TPSA) is 42.0 Å². The second-order valence-electron chi connectivity index (χ2n) is 4.08. The van der Waals surface area contributed by atoms with Crippen molar-refractivity contribution in [1.82, 2.24) is 10.3 Å². The highest BCUT2D eigenvalue weighted by Gasteiger charge is 2.02. The number of hydrogen-bond donors (Lipinski definition) is 1. The zero-order valence-corrected chi connectivity index (χ0v) is 11.4. The summed E-state index contributed by atoms with van der Waals surface area (Å²) in [6.07, 6.45) is 1.73. The standard InChI is InChI=1S/C15H16N2OS/c18-15(17-10-14-8-4-5-9-16-14)12-19-11-13-6-2-1-3-7-13/h1-9H,10-12H2,(H,17,18). The maximum atomic E-state index is 11.6. The summed E-state index contributed by atoms with van der Waals surface area (Å²) < 4.78 is 0. The van der Waals surface area contributed by atoms with Gasteiger partial charge in [0.25, 0.3) is 0 Å². The number of amides is 1. The number of nitrogens with one attached hydrogen (secondary N) is 1. The maximum Gasteiger partial charge on any atom is 0.230 e. The van der Waals surface area contributed by atoms with Crippen LogP contribution < -0.4 is 5.32 Å². The number of pyridine rings is 1. The third kappa shape index (κ3) is 5.14. The van der Waals surface area contributed by atoms with E-state index in [1.54, 1.807) is 18.0 Å². The van der Waals surface area contributed by atoms with Crippen molar-refractivity contribution < 1.29 is 4.79 Å². The van der Waals surface area contributed by atoms with Gasteiger partial charge in [-0.05, 0) is 17.7 Å². The highest BCUT2D eigenvalue weighted by molar-refractivity contribution is 7.99. The van der Waals surface area contributed by atoms with Gasteiger partial charge in [0, 0.05) is 11.9 Å². The van der Waals surface area contributed by atoms with Gasteiger partial charge < -0.3 is 5.32 Å². The molecule has 0 aliphatic rings. The Balaban J connectivity index is 1.65. The molecule has 1 amide bonds. The summed E-state index contributed by atoms with van der Waals surface area (Å²) in [5.74, 6) is 1.38. The minimum Gasteiger partial charge on any atom is -0.350 e. The Bertz CT molecular complexity index is 502. The second-order valence-corrected chi connectivity index (χ2v) is 5.06. The van der Waals surface area contributed by atoms with Gasteiger partial charge in [0.1, 0.15) is 0 Å². The van der Waals surface area contributed by atoms with Gasteiger partial charge >= 0.3 is 0 Å². The maximum absolute atomic E-state index is 11.6. The molecule has 0 bridgehead atoms.